The fraction of sp³-hybridized carbons (Fsp3) is 0.429. The smallest absolute Gasteiger partial charge is 0.246 e. The van der Waals surface area contributed by atoms with Crippen LogP contribution in [0.2, 0.25) is 0 Å². The maximum Gasteiger partial charge on any atom is 0.246 e. The number of hydrogen-bond donors (Lipinski definition) is 0. The third kappa shape index (κ3) is 3.32. The van der Waals surface area contributed by atoms with Gasteiger partial charge in [-0.05, 0) is 18.1 Å². The molecule has 1 aromatic heterocycles. The van der Waals surface area contributed by atoms with Crippen LogP contribution >= 0.6 is 0 Å². The van der Waals surface area contributed by atoms with Gasteiger partial charge in [0.2, 0.25) is 5.89 Å². The molecule has 0 radical (unpaired) electrons. The van der Waals surface area contributed by atoms with Crippen molar-refractivity contribution in [1.29, 1.82) is 0 Å². The summed E-state index contributed by atoms with van der Waals surface area (Å²) >= 11 is 0. The second-order valence-corrected chi connectivity index (χ2v) is 4.89. The van der Waals surface area contributed by atoms with Crippen LogP contribution in [0.5, 0.6) is 0 Å². The summed E-state index contributed by atoms with van der Waals surface area (Å²) in [5, 5.41) is 3.99. The second-order valence-electron chi connectivity index (χ2n) is 4.89. The molecule has 2 aromatic rings. The molecule has 0 bridgehead atoms. The molecule has 0 unspecified atom stereocenters. The van der Waals surface area contributed by atoms with E-state index in [1.165, 1.54) is 0 Å². The number of para-hydroxylation sites is 1. The highest BCUT2D eigenvalue weighted by Crippen LogP contribution is 2.14. The normalized spacial score (nSPS) is 10.9. The van der Waals surface area contributed by atoms with Crippen LogP contribution in [-0.2, 0) is 13.0 Å². The third-order valence-electron chi connectivity index (χ3n) is 2.67. The number of benzene rings is 1. The Bertz CT molecular complexity index is 479. The lowest BCUT2D eigenvalue weighted by molar-refractivity contribution is 0.370. The molecule has 0 N–H and O–H groups in total. The van der Waals surface area contributed by atoms with Gasteiger partial charge < -0.3 is 9.42 Å². The van der Waals surface area contributed by atoms with Gasteiger partial charge in [-0.15, -0.1) is 0 Å². The lowest BCUT2D eigenvalue weighted by Gasteiger charge is -2.16. The van der Waals surface area contributed by atoms with Crippen LogP contribution in [0.25, 0.3) is 0 Å². The first kappa shape index (κ1) is 12.6. The first-order valence-electron chi connectivity index (χ1n) is 6.23. The predicted molar refractivity (Wildman–Crippen MR) is 71.4 cm³/mol. The van der Waals surface area contributed by atoms with Crippen LogP contribution in [0.3, 0.4) is 0 Å². The summed E-state index contributed by atoms with van der Waals surface area (Å²) in [6.45, 7) is 4.92. The Morgan fingerprint density at radius 3 is 2.61 bits per heavy atom. The van der Waals surface area contributed by atoms with E-state index >= 15 is 0 Å². The first-order valence-corrected chi connectivity index (χ1v) is 6.23. The summed E-state index contributed by atoms with van der Waals surface area (Å²) < 4.78 is 5.25. The van der Waals surface area contributed by atoms with Crippen LogP contribution < -0.4 is 4.90 Å². The van der Waals surface area contributed by atoms with Gasteiger partial charge in [-0.25, -0.2) is 0 Å². The quantitative estimate of drug-likeness (QED) is 0.812. The van der Waals surface area contributed by atoms with E-state index in [0.29, 0.717) is 18.4 Å². The van der Waals surface area contributed by atoms with E-state index in [9.17, 15) is 0 Å². The molecule has 1 heterocycles. The van der Waals surface area contributed by atoms with Crippen LogP contribution in [0, 0.1) is 5.92 Å². The number of hydrogen-bond acceptors (Lipinski definition) is 4. The minimum atomic E-state index is 0.544. The molecule has 18 heavy (non-hydrogen) atoms. The van der Waals surface area contributed by atoms with Crippen LogP contribution in [0.4, 0.5) is 5.69 Å². The Labute approximate surface area is 108 Å². The van der Waals surface area contributed by atoms with Crippen molar-refractivity contribution in [3.05, 3.63) is 42.0 Å². The minimum absolute atomic E-state index is 0.544. The zero-order chi connectivity index (χ0) is 13.0. The highest BCUT2D eigenvalue weighted by atomic mass is 16.5. The molecule has 0 aliphatic carbocycles. The van der Waals surface area contributed by atoms with Crippen LogP contribution in [0.1, 0.15) is 25.6 Å². The van der Waals surface area contributed by atoms with Gasteiger partial charge in [0.05, 0.1) is 6.54 Å². The number of aromatic nitrogens is 2. The molecule has 0 saturated heterocycles. The van der Waals surface area contributed by atoms with Gasteiger partial charge in [0.1, 0.15) is 0 Å². The molecule has 0 amide bonds. The Morgan fingerprint density at radius 2 is 1.94 bits per heavy atom. The lowest BCUT2D eigenvalue weighted by atomic mass is 10.1. The zero-order valence-corrected chi connectivity index (χ0v) is 11.1. The third-order valence-corrected chi connectivity index (χ3v) is 2.67. The van der Waals surface area contributed by atoms with Crippen molar-refractivity contribution in [1.82, 2.24) is 10.1 Å². The summed E-state index contributed by atoms with van der Waals surface area (Å²) in [7, 11) is 2.02. The molecule has 0 saturated carbocycles. The van der Waals surface area contributed by atoms with Gasteiger partial charge >= 0.3 is 0 Å². The van der Waals surface area contributed by atoms with Gasteiger partial charge in [-0.2, -0.15) is 4.98 Å². The average Bonchev–Trinajstić information content (AvgIpc) is 2.76. The molecule has 4 nitrogen and oxygen atoms in total. The molecule has 0 spiro atoms. The molecule has 0 atom stereocenters. The minimum Gasteiger partial charge on any atom is -0.365 e. The maximum atomic E-state index is 5.25. The van der Waals surface area contributed by atoms with Crippen molar-refractivity contribution < 1.29 is 4.52 Å². The molecular weight excluding hydrogens is 226 g/mol. The average molecular weight is 245 g/mol. The highest BCUT2D eigenvalue weighted by Gasteiger charge is 2.10. The molecule has 96 valence electrons. The first-order chi connectivity index (χ1) is 8.65. The van der Waals surface area contributed by atoms with E-state index < -0.39 is 0 Å². The standard InChI is InChI=1S/C14H19N3O/c1-11(2)9-13-15-14(18-16-13)10-17(3)12-7-5-4-6-8-12/h4-8,11H,9-10H2,1-3H3. The Balaban J connectivity index is 1.99. The zero-order valence-electron chi connectivity index (χ0n) is 11.1. The molecule has 0 aliphatic rings. The summed E-state index contributed by atoms with van der Waals surface area (Å²) in [5.74, 6) is 2.00. The van der Waals surface area contributed by atoms with Crippen molar-refractivity contribution in [3.63, 3.8) is 0 Å². The van der Waals surface area contributed by atoms with Gasteiger partial charge in [0.25, 0.3) is 0 Å². The highest BCUT2D eigenvalue weighted by molar-refractivity contribution is 5.44. The summed E-state index contributed by atoms with van der Waals surface area (Å²) in [6.07, 6.45) is 0.860. The SMILES string of the molecule is CC(C)Cc1noc(CN(C)c2ccccc2)n1. The van der Waals surface area contributed by atoms with E-state index in [1.54, 1.807) is 0 Å². The van der Waals surface area contributed by atoms with Crippen LogP contribution in [0.15, 0.2) is 34.9 Å². The van der Waals surface area contributed by atoms with Crippen molar-refractivity contribution in [2.24, 2.45) is 5.92 Å². The van der Waals surface area contributed by atoms with Crippen molar-refractivity contribution in [2.75, 3.05) is 11.9 Å². The predicted octanol–water partition coefficient (Wildman–Crippen LogP) is 2.90. The van der Waals surface area contributed by atoms with Crippen molar-refractivity contribution >= 4 is 5.69 Å². The Kier molecular flexibility index (Phi) is 3.97. The summed E-state index contributed by atoms with van der Waals surface area (Å²) in [4.78, 5) is 6.49. The van der Waals surface area contributed by atoms with Crippen LogP contribution in [-0.4, -0.2) is 17.2 Å². The molecule has 0 aliphatic heterocycles. The Morgan fingerprint density at radius 1 is 1.22 bits per heavy atom. The maximum absolute atomic E-state index is 5.25. The number of anilines is 1. The van der Waals surface area contributed by atoms with E-state index in [1.807, 2.05) is 25.2 Å². The molecule has 1 aromatic carbocycles. The Hall–Kier alpha value is -1.84. The molecule has 0 fully saturated rings. The van der Waals surface area contributed by atoms with Crippen molar-refractivity contribution in [3.8, 4) is 0 Å². The monoisotopic (exact) mass is 245 g/mol. The molecular formula is C14H19N3O. The van der Waals surface area contributed by atoms with E-state index in [0.717, 1.165) is 17.9 Å². The van der Waals surface area contributed by atoms with Gasteiger partial charge in [0.15, 0.2) is 5.82 Å². The van der Waals surface area contributed by atoms with Gasteiger partial charge in [-0.1, -0.05) is 37.2 Å². The van der Waals surface area contributed by atoms with Gasteiger partial charge in [0, 0.05) is 19.2 Å². The van der Waals surface area contributed by atoms with E-state index in [2.05, 4.69) is 41.0 Å². The fourth-order valence-corrected chi connectivity index (χ4v) is 1.78. The topological polar surface area (TPSA) is 42.2 Å². The van der Waals surface area contributed by atoms with E-state index in [4.69, 9.17) is 4.52 Å². The lowest BCUT2D eigenvalue weighted by Crippen LogP contribution is -2.16. The molecule has 4 heteroatoms. The van der Waals surface area contributed by atoms with Gasteiger partial charge in [-0.3, -0.25) is 0 Å². The van der Waals surface area contributed by atoms with Crippen molar-refractivity contribution in [2.45, 2.75) is 26.8 Å². The summed E-state index contributed by atoms with van der Waals surface area (Å²) in [6, 6.07) is 10.2. The fourth-order valence-electron chi connectivity index (χ4n) is 1.78. The number of rotatable bonds is 5. The molecule has 2 rings (SSSR count). The summed E-state index contributed by atoms with van der Waals surface area (Å²) in [5.41, 5.74) is 1.14. The number of nitrogens with zero attached hydrogens (tertiary/aromatic N) is 3. The second kappa shape index (κ2) is 5.67. The largest absolute Gasteiger partial charge is 0.365 e. The van der Waals surface area contributed by atoms with E-state index in [-0.39, 0.29) is 0 Å².